The number of carbonyl (C=O) groups is 1. The minimum atomic E-state index is -0.614. The molecule has 0 spiro atoms. The van der Waals surface area contributed by atoms with Crippen molar-refractivity contribution in [2.24, 2.45) is 0 Å². The number of hydrogen-bond acceptors (Lipinski definition) is 4. The van der Waals surface area contributed by atoms with E-state index in [1.54, 1.807) is 55.6 Å². The van der Waals surface area contributed by atoms with Gasteiger partial charge in [-0.2, -0.15) is 0 Å². The Morgan fingerprint density at radius 3 is 2.43 bits per heavy atom. The Morgan fingerprint density at radius 2 is 1.64 bits per heavy atom. The first-order valence-electron chi connectivity index (χ1n) is 8.61. The van der Waals surface area contributed by atoms with Crippen molar-refractivity contribution in [3.05, 3.63) is 99.3 Å². The number of amides is 1. The van der Waals surface area contributed by atoms with Gasteiger partial charge in [0.2, 0.25) is 0 Å². The molecule has 1 amide bonds. The first kappa shape index (κ1) is 17.4. The van der Waals surface area contributed by atoms with Crippen LogP contribution in [0.5, 0.6) is 0 Å². The van der Waals surface area contributed by atoms with Crippen LogP contribution >= 0.6 is 0 Å². The molecule has 0 atom stereocenters. The van der Waals surface area contributed by atoms with Crippen LogP contribution in [0.1, 0.15) is 10.5 Å². The quantitative estimate of drug-likeness (QED) is 0.598. The van der Waals surface area contributed by atoms with Gasteiger partial charge in [0.15, 0.2) is 0 Å². The van der Waals surface area contributed by atoms with Crippen molar-refractivity contribution in [1.82, 2.24) is 14.5 Å². The number of H-pyrrole nitrogens is 1. The molecule has 2 heterocycles. The number of para-hydroxylation sites is 2. The van der Waals surface area contributed by atoms with E-state index in [1.165, 1.54) is 11.0 Å². The van der Waals surface area contributed by atoms with Gasteiger partial charge in [0.1, 0.15) is 11.5 Å². The van der Waals surface area contributed by atoms with Crippen molar-refractivity contribution in [3.8, 4) is 5.82 Å². The summed E-state index contributed by atoms with van der Waals surface area (Å²) in [6.45, 7) is 0. The topological polar surface area (TPSA) is 88.1 Å². The summed E-state index contributed by atoms with van der Waals surface area (Å²) in [5.74, 6) is -0.261. The molecular formula is C21H16N4O3. The maximum Gasteiger partial charge on any atom is 0.334 e. The van der Waals surface area contributed by atoms with Gasteiger partial charge in [0.05, 0.1) is 10.9 Å². The number of fused-ring (bicyclic) bond motifs is 1. The maximum atomic E-state index is 12.8. The van der Waals surface area contributed by atoms with Crippen molar-refractivity contribution < 1.29 is 4.79 Å². The minimum Gasteiger partial charge on any atom is -0.310 e. The van der Waals surface area contributed by atoms with E-state index in [4.69, 9.17) is 0 Å². The number of carbonyl (C=O) groups excluding carboxylic acids is 1. The van der Waals surface area contributed by atoms with E-state index >= 15 is 0 Å². The summed E-state index contributed by atoms with van der Waals surface area (Å²) >= 11 is 0. The summed E-state index contributed by atoms with van der Waals surface area (Å²) in [7, 11) is 1.64. The fourth-order valence-electron chi connectivity index (χ4n) is 2.98. The van der Waals surface area contributed by atoms with Crippen LogP contribution in [0.4, 0.5) is 5.69 Å². The predicted molar refractivity (Wildman–Crippen MR) is 107 cm³/mol. The number of pyridine rings is 1. The summed E-state index contributed by atoms with van der Waals surface area (Å²) in [6.07, 6.45) is 0. The molecule has 138 valence electrons. The first-order valence-corrected chi connectivity index (χ1v) is 8.61. The van der Waals surface area contributed by atoms with Gasteiger partial charge in [-0.1, -0.05) is 36.4 Å². The molecule has 1 N–H and O–H groups in total. The molecule has 0 aliphatic rings. The molecule has 0 fully saturated rings. The Hall–Kier alpha value is -4.00. The highest BCUT2D eigenvalue weighted by atomic mass is 16.2. The number of benzene rings is 2. The number of hydrogen-bond donors (Lipinski definition) is 1. The SMILES string of the molecule is CN(C(=O)c1cccc(-n2c(=O)[nH]c3ccccc3c2=O)n1)c1ccccc1. The van der Waals surface area contributed by atoms with E-state index in [0.29, 0.717) is 16.6 Å². The van der Waals surface area contributed by atoms with E-state index in [9.17, 15) is 14.4 Å². The lowest BCUT2D eigenvalue weighted by atomic mass is 10.2. The van der Waals surface area contributed by atoms with E-state index in [-0.39, 0.29) is 17.4 Å². The standard InChI is InChI=1S/C21H16N4O3/c1-24(14-8-3-2-4-9-14)20(27)17-12-7-13-18(22-17)25-19(26)15-10-5-6-11-16(15)23-21(25)28/h2-13H,1H3,(H,23,28). The lowest BCUT2D eigenvalue weighted by Gasteiger charge is -2.17. The molecule has 7 heteroatoms. The Bertz CT molecular complexity index is 1290. The lowest BCUT2D eigenvalue weighted by Crippen LogP contribution is -2.35. The largest absolute Gasteiger partial charge is 0.334 e. The molecule has 28 heavy (non-hydrogen) atoms. The van der Waals surface area contributed by atoms with Gasteiger partial charge >= 0.3 is 5.69 Å². The highest BCUT2D eigenvalue weighted by Gasteiger charge is 2.17. The molecule has 0 unspecified atom stereocenters. The predicted octanol–water partition coefficient (Wildman–Crippen LogP) is 2.35. The number of anilines is 1. The smallest absolute Gasteiger partial charge is 0.310 e. The average molecular weight is 372 g/mol. The van der Waals surface area contributed by atoms with Crippen LogP contribution < -0.4 is 16.1 Å². The third-order valence-electron chi connectivity index (χ3n) is 4.44. The molecule has 0 radical (unpaired) electrons. The highest BCUT2D eigenvalue weighted by Crippen LogP contribution is 2.14. The summed E-state index contributed by atoms with van der Waals surface area (Å²) in [4.78, 5) is 46.5. The van der Waals surface area contributed by atoms with Crippen LogP contribution in [-0.4, -0.2) is 27.5 Å². The Morgan fingerprint density at radius 1 is 0.929 bits per heavy atom. The Labute approximate surface area is 159 Å². The van der Waals surface area contributed by atoms with Gasteiger partial charge in [-0.15, -0.1) is 0 Å². The van der Waals surface area contributed by atoms with Crippen molar-refractivity contribution in [2.45, 2.75) is 0 Å². The number of aromatic amines is 1. The van der Waals surface area contributed by atoms with Crippen LogP contribution in [0.3, 0.4) is 0 Å². The lowest BCUT2D eigenvalue weighted by molar-refractivity contribution is 0.0988. The van der Waals surface area contributed by atoms with Gasteiger partial charge in [0.25, 0.3) is 11.5 Å². The number of nitrogens with zero attached hydrogens (tertiary/aromatic N) is 3. The Kier molecular flexibility index (Phi) is 4.33. The molecule has 0 aliphatic carbocycles. The zero-order valence-corrected chi connectivity index (χ0v) is 15.0. The molecule has 4 rings (SSSR count). The number of nitrogens with one attached hydrogen (secondary N) is 1. The van der Waals surface area contributed by atoms with Crippen LogP contribution in [0.2, 0.25) is 0 Å². The fraction of sp³-hybridized carbons (Fsp3) is 0.0476. The van der Waals surface area contributed by atoms with E-state index in [2.05, 4.69) is 9.97 Å². The molecule has 0 saturated heterocycles. The zero-order chi connectivity index (χ0) is 19.7. The van der Waals surface area contributed by atoms with Crippen molar-refractivity contribution in [3.63, 3.8) is 0 Å². The second kappa shape index (κ2) is 6.96. The van der Waals surface area contributed by atoms with E-state index in [1.807, 2.05) is 18.2 Å². The molecule has 4 aromatic rings. The van der Waals surface area contributed by atoms with E-state index in [0.717, 1.165) is 4.57 Å². The third-order valence-corrected chi connectivity index (χ3v) is 4.44. The molecule has 0 saturated carbocycles. The summed E-state index contributed by atoms with van der Waals surface area (Å²) < 4.78 is 0.932. The highest BCUT2D eigenvalue weighted by molar-refractivity contribution is 6.04. The van der Waals surface area contributed by atoms with Crippen LogP contribution in [0.15, 0.2) is 82.4 Å². The number of rotatable bonds is 3. The van der Waals surface area contributed by atoms with Gasteiger partial charge in [-0.05, 0) is 36.4 Å². The molecule has 0 bridgehead atoms. The zero-order valence-electron chi connectivity index (χ0n) is 15.0. The molecule has 7 nitrogen and oxygen atoms in total. The normalized spacial score (nSPS) is 10.8. The molecule has 2 aromatic carbocycles. The van der Waals surface area contributed by atoms with Crippen LogP contribution in [-0.2, 0) is 0 Å². The van der Waals surface area contributed by atoms with Gasteiger partial charge in [-0.25, -0.2) is 14.3 Å². The van der Waals surface area contributed by atoms with Crippen molar-refractivity contribution in [2.75, 3.05) is 11.9 Å². The molecule has 2 aromatic heterocycles. The summed E-state index contributed by atoms with van der Waals surface area (Å²) in [6, 6.07) is 20.5. The minimum absolute atomic E-state index is 0.0873. The van der Waals surface area contributed by atoms with Gasteiger partial charge in [0, 0.05) is 12.7 Å². The number of aromatic nitrogens is 3. The Balaban J connectivity index is 1.80. The second-order valence-electron chi connectivity index (χ2n) is 6.20. The van der Waals surface area contributed by atoms with Gasteiger partial charge in [-0.3, -0.25) is 9.59 Å². The van der Waals surface area contributed by atoms with Crippen LogP contribution in [0.25, 0.3) is 16.7 Å². The van der Waals surface area contributed by atoms with Crippen LogP contribution in [0, 0.1) is 0 Å². The van der Waals surface area contributed by atoms with Gasteiger partial charge < -0.3 is 9.88 Å². The monoisotopic (exact) mass is 372 g/mol. The fourth-order valence-corrected chi connectivity index (χ4v) is 2.98. The maximum absolute atomic E-state index is 12.8. The summed E-state index contributed by atoms with van der Waals surface area (Å²) in [5, 5.41) is 0.363. The summed E-state index contributed by atoms with van der Waals surface area (Å²) in [5.41, 5.74) is 0.179. The third kappa shape index (κ3) is 2.99. The van der Waals surface area contributed by atoms with Crippen molar-refractivity contribution >= 4 is 22.5 Å². The van der Waals surface area contributed by atoms with Crippen molar-refractivity contribution in [1.29, 1.82) is 0 Å². The second-order valence-corrected chi connectivity index (χ2v) is 6.20. The average Bonchev–Trinajstić information content (AvgIpc) is 2.73. The van der Waals surface area contributed by atoms with E-state index < -0.39 is 11.2 Å². The molecular weight excluding hydrogens is 356 g/mol. The first-order chi connectivity index (χ1) is 13.6. The molecule has 0 aliphatic heterocycles.